The van der Waals surface area contributed by atoms with E-state index in [1.807, 2.05) is 6.07 Å². The van der Waals surface area contributed by atoms with E-state index in [0.29, 0.717) is 10.4 Å². The topological polar surface area (TPSA) is 57.6 Å². The monoisotopic (exact) mass is 369 g/mol. The minimum atomic E-state index is -4.66. The Morgan fingerprint density at radius 2 is 1.80 bits per heavy atom. The van der Waals surface area contributed by atoms with Crippen LogP contribution in [-0.4, -0.2) is 41.1 Å². The average molecular weight is 369 g/mol. The molecule has 2 aromatic rings. The van der Waals surface area contributed by atoms with Crippen LogP contribution in [0.2, 0.25) is 0 Å². The molecular weight excluding hydrogens is 355 g/mol. The lowest BCUT2D eigenvalue weighted by Gasteiger charge is -2.18. The maximum Gasteiger partial charge on any atom is 0.394 e. The number of amides is 1. The first-order chi connectivity index (χ1) is 11.8. The van der Waals surface area contributed by atoms with Gasteiger partial charge in [-0.15, -0.1) is 11.3 Å². The van der Waals surface area contributed by atoms with Gasteiger partial charge in [-0.05, 0) is 17.0 Å². The van der Waals surface area contributed by atoms with Gasteiger partial charge in [0.05, 0.1) is 16.7 Å². The summed E-state index contributed by atoms with van der Waals surface area (Å²) in [6.07, 6.45) is -4.66. The van der Waals surface area contributed by atoms with Crippen molar-refractivity contribution < 1.29 is 27.9 Å². The van der Waals surface area contributed by atoms with Gasteiger partial charge < -0.3 is 10.0 Å². The predicted molar refractivity (Wildman–Crippen MR) is 86.3 cm³/mol. The number of aliphatic carboxylic acids is 1. The summed E-state index contributed by atoms with van der Waals surface area (Å²) >= 11 is 1.14. The van der Waals surface area contributed by atoms with Gasteiger partial charge in [0.1, 0.15) is 0 Å². The molecule has 8 heteroatoms. The Morgan fingerprint density at radius 1 is 1.12 bits per heavy atom. The highest BCUT2D eigenvalue weighted by molar-refractivity contribution is 7.12. The minimum Gasteiger partial charge on any atom is -0.481 e. The van der Waals surface area contributed by atoms with Crippen LogP contribution in [0.3, 0.4) is 0 Å². The second-order valence-electron chi connectivity index (χ2n) is 5.83. The zero-order chi connectivity index (χ0) is 18.2. The van der Waals surface area contributed by atoms with Gasteiger partial charge in [-0.1, -0.05) is 30.3 Å². The van der Waals surface area contributed by atoms with Crippen LogP contribution in [0.5, 0.6) is 0 Å². The number of rotatable bonds is 3. The molecule has 1 amide bonds. The fourth-order valence-electron chi connectivity index (χ4n) is 3.02. The van der Waals surface area contributed by atoms with E-state index in [9.17, 15) is 22.8 Å². The second-order valence-corrected chi connectivity index (χ2v) is 6.75. The Labute approximate surface area is 145 Å². The first-order valence-corrected chi connectivity index (χ1v) is 8.38. The molecule has 1 N–H and O–H groups in total. The molecule has 1 aliphatic rings. The Morgan fingerprint density at radius 3 is 2.36 bits per heavy atom. The van der Waals surface area contributed by atoms with Crippen LogP contribution in [0.25, 0.3) is 11.1 Å². The normalized spacial score (nSPS) is 20.7. The summed E-state index contributed by atoms with van der Waals surface area (Å²) < 4.78 is 39.3. The van der Waals surface area contributed by atoms with Gasteiger partial charge in [-0.2, -0.15) is 13.2 Å². The van der Waals surface area contributed by atoms with Gasteiger partial charge in [0.15, 0.2) is 0 Å². The summed E-state index contributed by atoms with van der Waals surface area (Å²) in [6, 6.07) is 10.8. The van der Waals surface area contributed by atoms with E-state index in [-0.39, 0.29) is 0 Å². The van der Waals surface area contributed by atoms with Crippen LogP contribution in [0, 0.1) is 11.8 Å². The molecule has 2 atom stereocenters. The van der Waals surface area contributed by atoms with Crippen molar-refractivity contribution in [1.29, 1.82) is 0 Å². The van der Waals surface area contributed by atoms with Crippen molar-refractivity contribution in [1.82, 2.24) is 4.90 Å². The highest BCUT2D eigenvalue weighted by Crippen LogP contribution is 2.39. The molecule has 3 rings (SSSR count). The molecule has 25 heavy (non-hydrogen) atoms. The minimum absolute atomic E-state index is 0.318. The van der Waals surface area contributed by atoms with Crippen molar-refractivity contribution in [2.24, 2.45) is 11.8 Å². The third-order valence-electron chi connectivity index (χ3n) is 4.29. The quantitative estimate of drug-likeness (QED) is 0.897. The van der Waals surface area contributed by atoms with Crippen molar-refractivity contribution in [3.63, 3.8) is 0 Å². The first kappa shape index (κ1) is 17.5. The van der Waals surface area contributed by atoms with Gasteiger partial charge in [0.25, 0.3) is 5.91 Å². The van der Waals surface area contributed by atoms with Gasteiger partial charge >= 0.3 is 12.1 Å². The molecule has 0 bridgehead atoms. The summed E-state index contributed by atoms with van der Waals surface area (Å²) in [4.78, 5) is 25.2. The molecule has 2 heterocycles. The smallest absolute Gasteiger partial charge is 0.394 e. The van der Waals surface area contributed by atoms with E-state index in [0.717, 1.165) is 21.8 Å². The van der Waals surface area contributed by atoms with E-state index in [2.05, 4.69) is 0 Å². The molecule has 0 unspecified atom stereocenters. The summed E-state index contributed by atoms with van der Waals surface area (Å²) in [5.74, 6) is -5.78. The number of hydrogen-bond acceptors (Lipinski definition) is 3. The van der Waals surface area contributed by atoms with E-state index in [1.165, 1.54) is 0 Å². The van der Waals surface area contributed by atoms with E-state index >= 15 is 0 Å². The van der Waals surface area contributed by atoms with Gasteiger partial charge in [0, 0.05) is 18.7 Å². The second kappa shape index (κ2) is 6.51. The van der Waals surface area contributed by atoms with Crippen LogP contribution in [0.1, 0.15) is 9.67 Å². The number of halogens is 3. The number of likely N-dealkylation sites (tertiary alicyclic amines) is 1. The summed E-state index contributed by atoms with van der Waals surface area (Å²) in [5.41, 5.74) is 1.42. The largest absolute Gasteiger partial charge is 0.481 e. The van der Waals surface area contributed by atoms with Crippen molar-refractivity contribution in [2.45, 2.75) is 6.18 Å². The summed E-state index contributed by atoms with van der Waals surface area (Å²) in [7, 11) is 0. The molecule has 1 aromatic carbocycles. The number of carboxylic acids is 1. The molecule has 1 aliphatic heterocycles. The lowest BCUT2D eigenvalue weighted by Crippen LogP contribution is -2.34. The van der Waals surface area contributed by atoms with Crippen molar-refractivity contribution in [3.05, 3.63) is 46.7 Å². The Bertz CT molecular complexity index is 788. The summed E-state index contributed by atoms with van der Waals surface area (Å²) in [5, 5.41) is 10.8. The van der Waals surface area contributed by atoms with Crippen molar-refractivity contribution in [2.75, 3.05) is 13.1 Å². The molecule has 1 saturated heterocycles. The van der Waals surface area contributed by atoms with Crippen LogP contribution >= 0.6 is 11.3 Å². The molecular formula is C17H14F3NO3S. The number of hydrogen-bond donors (Lipinski definition) is 1. The number of benzene rings is 1. The van der Waals surface area contributed by atoms with Crippen LogP contribution in [0.15, 0.2) is 41.8 Å². The van der Waals surface area contributed by atoms with Gasteiger partial charge in [-0.25, -0.2) is 0 Å². The Hall–Kier alpha value is -2.35. The zero-order valence-electron chi connectivity index (χ0n) is 12.9. The fourth-order valence-corrected chi connectivity index (χ4v) is 3.90. The van der Waals surface area contributed by atoms with E-state index < -0.39 is 43.0 Å². The third-order valence-corrected chi connectivity index (χ3v) is 5.19. The molecule has 0 radical (unpaired) electrons. The number of thiophene rings is 1. The highest BCUT2D eigenvalue weighted by Gasteiger charge is 2.53. The van der Waals surface area contributed by atoms with Crippen LogP contribution in [-0.2, 0) is 4.79 Å². The van der Waals surface area contributed by atoms with E-state index in [4.69, 9.17) is 5.11 Å². The predicted octanol–water partition coefficient (Wildman–Crippen LogP) is 3.75. The zero-order valence-corrected chi connectivity index (χ0v) is 13.7. The Kier molecular flexibility index (Phi) is 4.55. The van der Waals surface area contributed by atoms with Crippen LogP contribution in [0.4, 0.5) is 13.2 Å². The highest BCUT2D eigenvalue weighted by atomic mass is 32.1. The van der Waals surface area contributed by atoms with E-state index in [1.54, 1.807) is 35.7 Å². The molecule has 0 aliphatic carbocycles. The molecule has 0 saturated carbocycles. The SMILES string of the molecule is O=C(O)[C@@H]1CN(C(=O)c2sccc2-c2ccccc2)C[C@H]1C(F)(F)F. The number of carbonyl (C=O) groups is 2. The standard InChI is InChI=1S/C17H14F3NO3S/c18-17(19,20)13-9-21(8-12(13)16(23)24)15(22)14-11(6-7-25-14)10-4-2-1-3-5-10/h1-7,12-13H,8-9H2,(H,23,24)/t12-,13-/m1/s1. The maximum absolute atomic E-state index is 13.1. The van der Waals surface area contributed by atoms with Crippen molar-refractivity contribution in [3.8, 4) is 11.1 Å². The lowest BCUT2D eigenvalue weighted by molar-refractivity contribution is -0.187. The average Bonchev–Trinajstić information content (AvgIpc) is 3.22. The molecule has 0 spiro atoms. The number of nitrogens with zero attached hydrogens (tertiary/aromatic N) is 1. The number of carboxylic acid groups (broad SMARTS) is 1. The summed E-state index contributed by atoms with van der Waals surface area (Å²) in [6.45, 7) is -1.07. The lowest BCUT2D eigenvalue weighted by atomic mass is 9.96. The molecule has 1 fully saturated rings. The Balaban J connectivity index is 1.88. The van der Waals surface area contributed by atoms with Crippen molar-refractivity contribution >= 4 is 23.2 Å². The maximum atomic E-state index is 13.1. The fraction of sp³-hybridized carbons (Fsp3) is 0.294. The number of alkyl halides is 3. The molecule has 1 aromatic heterocycles. The molecule has 4 nitrogen and oxygen atoms in total. The first-order valence-electron chi connectivity index (χ1n) is 7.50. The number of carbonyl (C=O) groups excluding carboxylic acids is 1. The van der Waals surface area contributed by atoms with Gasteiger partial charge in [0.2, 0.25) is 0 Å². The molecule has 132 valence electrons. The van der Waals surface area contributed by atoms with Crippen LogP contribution < -0.4 is 0 Å². The third kappa shape index (κ3) is 3.39. The van der Waals surface area contributed by atoms with Gasteiger partial charge in [-0.3, -0.25) is 9.59 Å².